The molecule has 6 aliphatic rings. The van der Waals surface area contributed by atoms with E-state index in [1.807, 2.05) is 24.3 Å². The zero-order chi connectivity index (χ0) is 70.7. The fraction of sp³-hybridized carbons (Fsp3) is 0.283. The number of hydrogen-bond acceptors (Lipinski definition) is 3. The second kappa shape index (κ2) is 24.8. The Morgan fingerprint density at radius 2 is 0.687 bits per heavy atom. The van der Waals surface area contributed by atoms with Gasteiger partial charge in [-0.2, -0.15) is 0 Å². The average Bonchev–Trinajstić information content (AvgIpc) is 1.54. The Balaban J connectivity index is 0.000000119. The van der Waals surface area contributed by atoms with E-state index in [-0.39, 0.29) is 22.1 Å². The Morgan fingerprint density at radius 1 is 0.333 bits per heavy atom. The smallest absolute Gasteiger partial charge is 0.213 e. The van der Waals surface area contributed by atoms with Crippen molar-refractivity contribution in [2.75, 3.05) is 0 Å². The Labute approximate surface area is 589 Å². The van der Waals surface area contributed by atoms with Crippen molar-refractivity contribution in [1.82, 2.24) is 15.0 Å². The Bertz CT molecular complexity index is 5340. The van der Waals surface area contributed by atoms with Crippen LogP contribution in [0.1, 0.15) is 160 Å². The summed E-state index contributed by atoms with van der Waals surface area (Å²) in [5.41, 5.74) is 39.9. The van der Waals surface area contributed by atoms with Crippen LogP contribution in [0.25, 0.3) is 101 Å². The monoisotopic (exact) mass is 1300 g/mol. The van der Waals surface area contributed by atoms with Gasteiger partial charge in [-0.3, -0.25) is 15.0 Å². The number of hydrogen-bond donors (Lipinski definition) is 0. The molecular weight excluding hydrogens is 1210 g/mol. The van der Waals surface area contributed by atoms with E-state index >= 15 is 0 Å². The molecule has 18 rings (SSSR count). The highest BCUT2D eigenvalue weighted by molar-refractivity contribution is 5.91. The van der Waals surface area contributed by atoms with Crippen LogP contribution in [-0.4, -0.2) is 15.0 Å². The van der Waals surface area contributed by atoms with Gasteiger partial charge in [0, 0.05) is 89.0 Å². The molecule has 0 aliphatic heterocycles. The van der Waals surface area contributed by atoms with E-state index in [4.69, 9.17) is 19.1 Å². The molecule has 492 valence electrons. The van der Waals surface area contributed by atoms with E-state index in [1.54, 1.807) is 12.1 Å². The van der Waals surface area contributed by atoms with Gasteiger partial charge in [-0.15, -0.1) is 0 Å². The van der Waals surface area contributed by atoms with Crippen molar-refractivity contribution in [3.63, 3.8) is 0 Å². The minimum absolute atomic E-state index is 0.00514. The number of benzene rings is 6. The second-order valence-electron chi connectivity index (χ2n) is 29.6. The van der Waals surface area contributed by atoms with Crippen LogP contribution in [0, 0.1) is 61.1 Å². The Morgan fingerprint density at radius 3 is 1.07 bits per heavy atom. The maximum Gasteiger partial charge on any atom is 0.213 e. The van der Waals surface area contributed by atoms with Gasteiger partial charge in [0.25, 0.3) is 0 Å². The number of aromatic nitrogens is 6. The number of pyridine rings is 6. The largest absolute Gasteiger partial charge is 0.257 e. The van der Waals surface area contributed by atoms with Crippen molar-refractivity contribution in [3.05, 3.63) is 285 Å². The fourth-order valence-corrected chi connectivity index (χ4v) is 18.7. The summed E-state index contributed by atoms with van der Waals surface area (Å²) in [4.78, 5) is 15.4. The summed E-state index contributed by atoms with van der Waals surface area (Å²) < 4.78 is 43.1. The summed E-state index contributed by atoms with van der Waals surface area (Å²) in [6.07, 6.45) is 21.2. The first-order valence-corrected chi connectivity index (χ1v) is 36.0. The summed E-state index contributed by atoms with van der Waals surface area (Å²) >= 11 is 0. The fourth-order valence-electron chi connectivity index (χ4n) is 18.7. The van der Waals surface area contributed by atoms with Crippen molar-refractivity contribution in [3.8, 4) is 101 Å². The predicted molar refractivity (Wildman–Crippen MR) is 401 cm³/mol. The first-order valence-electron chi connectivity index (χ1n) is 37.5. The van der Waals surface area contributed by atoms with Crippen molar-refractivity contribution >= 4 is 0 Å². The molecule has 6 aromatic carbocycles. The van der Waals surface area contributed by atoms with Crippen LogP contribution >= 0.6 is 0 Å². The molecule has 3 saturated carbocycles. The molecular formula is C92H90FN6+3. The molecule has 7 heteroatoms. The minimum atomic E-state index is -2.08. The van der Waals surface area contributed by atoms with Gasteiger partial charge < -0.3 is 0 Å². The molecule has 12 aromatic rings. The third-order valence-corrected chi connectivity index (χ3v) is 23.4. The van der Waals surface area contributed by atoms with E-state index in [9.17, 15) is 4.39 Å². The first-order chi connectivity index (χ1) is 49.2. The number of fused-ring (bicyclic) bond motifs is 15. The number of halogens is 1. The Kier molecular flexibility index (Phi) is 15.1. The van der Waals surface area contributed by atoms with Gasteiger partial charge in [0.1, 0.15) is 27.0 Å². The lowest BCUT2D eigenvalue weighted by molar-refractivity contribution is -0.660. The van der Waals surface area contributed by atoms with Crippen LogP contribution in [0.4, 0.5) is 4.39 Å². The van der Waals surface area contributed by atoms with E-state index in [1.165, 1.54) is 198 Å². The van der Waals surface area contributed by atoms with Gasteiger partial charge >= 0.3 is 0 Å². The highest BCUT2D eigenvalue weighted by Crippen LogP contribution is 2.62. The first kappa shape index (κ1) is 60.3. The quantitative estimate of drug-likeness (QED) is 0.156. The lowest BCUT2D eigenvalue weighted by Crippen LogP contribution is -2.33. The van der Waals surface area contributed by atoms with E-state index in [2.05, 4.69) is 235 Å². The summed E-state index contributed by atoms with van der Waals surface area (Å²) in [6.45, 7) is 13.2. The number of rotatable bonds is 6. The molecule has 3 fully saturated rings. The molecule has 0 saturated heterocycles. The lowest BCUT2D eigenvalue weighted by Gasteiger charge is -2.28. The van der Waals surface area contributed by atoms with Crippen molar-refractivity contribution in [1.29, 1.82) is 0 Å². The predicted octanol–water partition coefficient (Wildman–Crippen LogP) is 20.8. The van der Waals surface area contributed by atoms with Crippen molar-refractivity contribution in [2.24, 2.45) is 21.1 Å². The number of aryl methyl sites for hydroxylation is 11. The second-order valence-corrected chi connectivity index (χ2v) is 29.6. The summed E-state index contributed by atoms with van der Waals surface area (Å²) in [6, 6.07) is 63.0. The molecule has 6 heterocycles. The van der Waals surface area contributed by atoms with Crippen LogP contribution in [0.3, 0.4) is 0 Å². The van der Waals surface area contributed by atoms with Gasteiger partial charge in [-0.25, -0.2) is 18.1 Å². The van der Waals surface area contributed by atoms with Crippen molar-refractivity contribution in [2.45, 2.75) is 149 Å². The summed E-state index contributed by atoms with van der Waals surface area (Å²) in [5.74, 6) is -0.208. The van der Waals surface area contributed by atoms with Gasteiger partial charge in [-0.1, -0.05) is 165 Å². The molecule has 0 unspecified atom stereocenters. The molecule has 0 bridgehead atoms. The average molecular weight is 1300 g/mol. The molecule has 3 spiro atoms. The summed E-state index contributed by atoms with van der Waals surface area (Å²) in [5, 5.41) is 0. The molecule has 6 nitrogen and oxygen atoms in total. The molecule has 0 radical (unpaired) electrons. The normalized spacial score (nSPS) is 16.2. The zero-order valence-electron chi connectivity index (χ0n) is 62.1. The van der Waals surface area contributed by atoms with E-state index < -0.39 is 6.85 Å². The lowest BCUT2D eigenvalue weighted by atomic mass is 9.75. The maximum atomic E-state index is 13.4. The molecule has 6 aliphatic carbocycles. The topological polar surface area (TPSA) is 50.3 Å². The Hall–Kier alpha value is -9.85. The molecule has 0 amide bonds. The van der Waals surface area contributed by atoms with Gasteiger partial charge in [-0.05, 0) is 209 Å². The van der Waals surface area contributed by atoms with Crippen LogP contribution in [-0.2, 0) is 37.4 Å². The molecule has 0 N–H and O–H groups in total. The zero-order valence-corrected chi connectivity index (χ0v) is 59.1. The van der Waals surface area contributed by atoms with Crippen LogP contribution < -0.4 is 13.7 Å². The van der Waals surface area contributed by atoms with Gasteiger partial charge in [0.15, 0.2) is 18.6 Å². The van der Waals surface area contributed by atoms with Crippen LogP contribution in [0.2, 0.25) is 0 Å². The maximum absolute atomic E-state index is 13.4. The van der Waals surface area contributed by atoms with Gasteiger partial charge in [0.05, 0.1) is 33.8 Å². The molecule has 99 heavy (non-hydrogen) atoms. The number of nitrogens with zero attached hydrogens (tertiary/aromatic N) is 6. The molecule has 0 atom stereocenters. The standard InChI is InChI=1S/2C31H31N2.C30H28FN2/c1-20-7-11-23(12-8-20)24-13-16-27(33(4)19-24)28-21(2)9-14-25-26-15-10-22(3)32-30(26)31(29(25)28)17-5-6-18-31;1-20-12-14-24-25-15-13-22(3)32-30(25)31(16-8-9-17-31)29(24)28(20)27-18-21(2)26(19-33(27)4)23-10-6-5-7-11-23;1-19-6-13-24-25-14-7-20(2)32-29(25)30(16-4-5-17-30)28(24)27(19)26-15-10-22(18-33(26)3)21-8-11-23(31)12-9-21/h7-16,19H,5-6,17-18H2,1-4H3;5-7,10-15,18-19H,8-9,16-17H2,1-4H3;6-15,18H,4-5,16-17H2,1-3H3/q3*+1/i1D3;;. The van der Waals surface area contributed by atoms with Crippen molar-refractivity contribution < 1.29 is 22.2 Å². The third-order valence-electron chi connectivity index (χ3n) is 23.4. The van der Waals surface area contributed by atoms with E-state index in [0.29, 0.717) is 5.56 Å². The highest BCUT2D eigenvalue weighted by Gasteiger charge is 2.52. The molecule has 6 aromatic heterocycles. The van der Waals surface area contributed by atoms with Crippen LogP contribution in [0.15, 0.2) is 201 Å². The van der Waals surface area contributed by atoms with Gasteiger partial charge in [0.2, 0.25) is 17.1 Å². The SMILES string of the molecule is Cc1ccc2c(n1)C1(CCCC1)c1c-2ccc(C)c1-c1cc(C)c(-c2ccccc2)c[n+]1C.Cc1ccc2c(n1)C1(CCCC1)c1c-2ccc(C)c1-c1ccc(-c2ccc(F)cc2)c[n+]1C.[2H]C([2H])([2H])c1ccc(-c2ccc(-c3c(C)ccc4c3C3(CCCC3)c3nc(C)ccc3-4)[n+](C)c2)cc1. The van der Waals surface area contributed by atoms with Crippen LogP contribution in [0.5, 0.6) is 0 Å². The minimum Gasteiger partial charge on any atom is -0.257 e. The highest BCUT2D eigenvalue weighted by atomic mass is 19.1. The van der Waals surface area contributed by atoms with E-state index in [0.717, 1.165) is 65.0 Å². The third kappa shape index (κ3) is 10.5. The summed E-state index contributed by atoms with van der Waals surface area (Å²) in [7, 11) is 6.43.